The van der Waals surface area contributed by atoms with Gasteiger partial charge in [0.1, 0.15) is 0 Å². The molecule has 1 aliphatic rings. The molecule has 0 aromatic heterocycles. The van der Waals surface area contributed by atoms with Crippen LogP contribution in [0.1, 0.15) is 10.4 Å². The van der Waals surface area contributed by atoms with Crippen LogP contribution in [0.2, 0.25) is 0 Å². The summed E-state index contributed by atoms with van der Waals surface area (Å²) < 4.78 is 32.0. The molecule has 150 valence electrons. The first-order chi connectivity index (χ1) is 13.5. The van der Waals surface area contributed by atoms with Crippen molar-refractivity contribution in [2.24, 2.45) is 0 Å². The zero-order valence-electron chi connectivity index (χ0n) is 15.9. The SMILES string of the molecule is CN(c1cccc(C(=O)NCCN2CCOCC2)c1)S(=O)(=O)c1ccccc1. The highest BCUT2D eigenvalue weighted by Crippen LogP contribution is 2.22. The molecule has 1 saturated heterocycles. The number of benzene rings is 2. The molecule has 3 rings (SSSR count). The van der Waals surface area contributed by atoms with E-state index in [9.17, 15) is 13.2 Å². The van der Waals surface area contributed by atoms with Crippen molar-refractivity contribution >= 4 is 21.6 Å². The van der Waals surface area contributed by atoms with Crippen LogP contribution < -0.4 is 9.62 Å². The lowest BCUT2D eigenvalue weighted by atomic mass is 10.2. The summed E-state index contributed by atoms with van der Waals surface area (Å²) in [5, 5.41) is 2.89. The molecule has 0 saturated carbocycles. The number of sulfonamides is 1. The topological polar surface area (TPSA) is 79.0 Å². The van der Waals surface area contributed by atoms with Gasteiger partial charge in [-0.15, -0.1) is 0 Å². The number of carbonyl (C=O) groups is 1. The van der Waals surface area contributed by atoms with Crippen molar-refractivity contribution in [1.82, 2.24) is 10.2 Å². The monoisotopic (exact) mass is 403 g/mol. The minimum absolute atomic E-state index is 0.206. The summed E-state index contributed by atoms with van der Waals surface area (Å²) in [5.74, 6) is -0.222. The molecule has 1 amide bonds. The second kappa shape index (κ2) is 9.18. The average Bonchev–Trinajstić information content (AvgIpc) is 2.74. The van der Waals surface area contributed by atoms with Gasteiger partial charge in [0.15, 0.2) is 0 Å². The number of carbonyl (C=O) groups excluding carboxylic acids is 1. The van der Waals surface area contributed by atoms with Crippen LogP contribution in [0.3, 0.4) is 0 Å². The van der Waals surface area contributed by atoms with Crippen LogP contribution in [0.25, 0.3) is 0 Å². The summed E-state index contributed by atoms with van der Waals surface area (Å²) in [6.45, 7) is 4.47. The molecular weight excluding hydrogens is 378 g/mol. The van der Waals surface area contributed by atoms with Gasteiger partial charge in [-0.3, -0.25) is 14.0 Å². The van der Waals surface area contributed by atoms with E-state index in [1.165, 1.54) is 11.4 Å². The smallest absolute Gasteiger partial charge is 0.264 e. The lowest BCUT2D eigenvalue weighted by Crippen LogP contribution is -2.41. The third-order valence-electron chi connectivity index (χ3n) is 4.69. The van der Waals surface area contributed by atoms with E-state index < -0.39 is 10.0 Å². The van der Waals surface area contributed by atoms with Crippen LogP contribution in [-0.4, -0.2) is 65.7 Å². The Labute approximate surface area is 166 Å². The summed E-state index contributed by atoms with van der Waals surface area (Å²) in [5.41, 5.74) is 0.860. The van der Waals surface area contributed by atoms with Crippen molar-refractivity contribution in [3.8, 4) is 0 Å². The summed E-state index contributed by atoms with van der Waals surface area (Å²) in [6.07, 6.45) is 0. The number of rotatable bonds is 7. The standard InChI is InChI=1S/C20H25N3O4S/c1-22(28(25,26)19-8-3-2-4-9-19)18-7-5-6-17(16-18)20(24)21-10-11-23-12-14-27-15-13-23/h2-9,16H,10-15H2,1H3,(H,21,24). The van der Waals surface area contributed by atoms with Crippen molar-refractivity contribution in [1.29, 1.82) is 0 Å². The normalized spacial score (nSPS) is 15.2. The summed E-state index contributed by atoms with van der Waals surface area (Å²) in [7, 11) is -2.20. The fraction of sp³-hybridized carbons (Fsp3) is 0.350. The Balaban J connectivity index is 1.65. The van der Waals surface area contributed by atoms with E-state index in [4.69, 9.17) is 4.74 Å². The van der Waals surface area contributed by atoms with Gasteiger partial charge in [-0.05, 0) is 30.3 Å². The third-order valence-corrected chi connectivity index (χ3v) is 6.49. The van der Waals surface area contributed by atoms with Crippen LogP contribution in [0.15, 0.2) is 59.5 Å². The average molecular weight is 404 g/mol. The van der Waals surface area contributed by atoms with Crippen LogP contribution in [0.5, 0.6) is 0 Å². The predicted molar refractivity (Wildman–Crippen MR) is 108 cm³/mol. The van der Waals surface area contributed by atoms with Gasteiger partial charge in [-0.1, -0.05) is 24.3 Å². The Kier molecular flexibility index (Phi) is 6.66. The number of amides is 1. The second-order valence-electron chi connectivity index (χ2n) is 6.55. The van der Waals surface area contributed by atoms with Crippen molar-refractivity contribution < 1.29 is 17.9 Å². The maximum atomic E-state index is 12.8. The van der Waals surface area contributed by atoms with Crippen LogP contribution >= 0.6 is 0 Å². The van der Waals surface area contributed by atoms with E-state index in [0.29, 0.717) is 17.8 Å². The third kappa shape index (κ3) is 4.89. The largest absolute Gasteiger partial charge is 0.379 e. The first-order valence-corrected chi connectivity index (χ1v) is 10.6. The van der Waals surface area contributed by atoms with Crippen LogP contribution in [0, 0.1) is 0 Å². The zero-order valence-corrected chi connectivity index (χ0v) is 16.7. The number of hydrogen-bond acceptors (Lipinski definition) is 5. The maximum Gasteiger partial charge on any atom is 0.264 e. The Hall–Kier alpha value is -2.42. The van der Waals surface area contributed by atoms with Crippen molar-refractivity contribution in [2.45, 2.75) is 4.90 Å². The number of nitrogens with one attached hydrogen (secondary N) is 1. The van der Waals surface area contributed by atoms with E-state index in [2.05, 4.69) is 10.2 Å². The van der Waals surface area contributed by atoms with Gasteiger partial charge < -0.3 is 10.1 Å². The van der Waals surface area contributed by atoms with Gasteiger partial charge in [-0.25, -0.2) is 8.42 Å². The molecule has 1 N–H and O–H groups in total. The Bertz CT molecular complexity index is 897. The molecule has 0 radical (unpaired) electrons. The van der Waals surface area contributed by atoms with Crippen LogP contribution in [0.4, 0.5) is 5.69 Å². The van der Waals surface area contributed by atoms with Crippen molar-refractivity contribution in [3.63, 3.8) is 0 Å². The van der Waals surface area contributed by atoms with Crippen LogP contribution in [-0.2, 0) is 14.8 Å². The first kappa shape index (κ1) is 20.3. The fourth-order valence-corrected chi connectivity index (χ4v) is 4.20. The molecule has 2 aromatic rings. The minimum atomic E-state index is -3.68. The maximum absolute atomic E-state index is 12.8. The molecule has 7 nitrogen and oxygen atoms in total. The molecule has 8 heteroatoms. The lowest BCUT2D eigenvalue weighted by Gasteiger charge is -2.26. The second-order valence-corrected chi connectivity index (χ2v) is 8.52. The molecular formula is C20H25N3O4S. The molecule has 1 fully saturated rings. The fourth-order valence-electron chi connectivity index (χ4n) is 2.99. The number of ether oxygens (including phenoxy) is 1. The molecule has 0 unspecified atom stereocenters. The highest BCUT2D eigenvalue weighted by molar-refractivity contribution is 7.92. The molecule has 0 bridgehead atoms. The highest BCUT2D eigenvalue weighted by Gasteiger charge is 2.21. The molecule has 0 atom stereocenters. The predicted octanol–water partition coefficient (Wildman–Crippen LogP) is 1.57. The Morgan fingerprint density at radius 1 is 1.11 bits per heavy atom. The van der Waals surface area contributed by atoms with E-state index in [1.54, 1.807) is 54.6 Å². The van der Waals surface area contributed by atoms with Crippen molar-refractivity contribution in [2.75, 3.05) is 50.7 Å². The number of anilines is 1. The quantitative estimate of drug-likeness (QED) is 0.759. The van der Waals surface area contributed by atoms with E-state index in [1.807, 2.05) is 0 Å². The van der Waals surface area contributed by atoms with E-state index in [-0.39, 0.29) is 10.8 Å². The lowest BCUT2D eigenvalue weighted by molar-refractivity contribution is 0.0383. The summed E-state index contributed by atoms with van der Waals surface area (Å²) in [6, 6.07) is 14.8. The minimum Gasteiger partial charge on any atom is -0.379 e. The summed E-state index contributed by atoms with van der Waals surface area (Å²) >= 11 is 0. The number of morpholine rings is 1. The van der Waals surface area contributed by atoms with E-state index >= 15 is 0 Å². The van der Waals surface area contributed by atoms with Gasteiger partial charge in [0.05, 0.1) is 23.8 Å². The van der Waals surface area contributed by atoms with Gasteiger partial charge in [-0.2, -0.15) is 0 Å². The van der Waals surface area contributed by atoms with Gasteiger partial charge in [0.25, 0.3) is 15.9 Å². The van der Waals surface area contributed by atoms with Gasteiger partial charge in [0.2, 0.25) is 0 Å². The molecule has 2 aromatic carbocycles. The van der Waals surface area contributed by atoms with Crippen molar-refractivity contribution in [3.05, 3.63) is 60.2 Å². The van der Waals surface area contributed by atoms with Gasteiger partial charge >= 0.3 is 0 Å². The highest BCUT2D eigenvalue weighted by atomic mass is 32.2. The molecule has 1 heterocycles. The summed E-state index contributed by atoms with van der Waals surface area (Å²) in [4.78, 5) is 14.9. The molecule has 0 spiro atoms. The van der Waals surface area contributed by atoms with E-state index in [0.717, 1.165) is 32.8 Å². The number of hydrogen-bond donors (Lipinski definition) is 1. The van der Waals surface area contributed by atoms with Gasteiger partial charge in [0, 0.05) is 38.8 Å². The molecule has 1 aliphatic heterocycles. The molecule has 28 heavy (non-hydrogen) atoms. The Morgan fingerprint density at radius 2 is 1.82 bits per heavy atom. The first-order valence-electron chi connectivity index (χ1n) is 9.21. The Morgan fingerprint density at radius 3 is 2.54 bits per heavy atom. The molecule has 0 aliphatic carbocycles. The zero-order chi connectivity index (χ0) is 20.0. The number of nitrogens with zero attached hydrogens (tertiary/aromatic N) is 2.